The third kappa shape index (κ3) is 3.66. The highest BCUT2D eigenvalue weighted by molar-refractivity contribution is 6.30. The van der Waals surface area contributed by atoms with Crippen molar-refractivity contribution in [1.29, 1.82) is 0 Å². The van der Waals surface area contributed by atoms with Gasteiger partial charge in [-0.3, -0.25) is 4.90 Å². The number of hydrogen-bond donors (Lipinski definition) is 1. The summed E-state index contributed by atoms with van der Waals surface area (Å²) in [5.74, 6) is 1.66. The van der Waals surface area contributed by atoms with E-state index in [0.29, 0.717) is 5.92 Å². The first-order chi connectivity index (χ1) is 11.7. The van der Waals surface area contributed by atoms with Gasteiger partial charge in [0.05, 0.1) is 18.8 Å². The molecule has 2 fully saturated rings. The molecule has 24 heavy (non-hydrogen) atoms. The van der Waals surface area contributed by atoms with Crippen molar-refractivity contribution in [2.45, 2.75) is 37.8 Å². The van der Waals surface area contributed by atoms with Crippen LogP contribution in [0.1, 0.15) is 30.7 Å². The second kappa shape index (κ2) is 6.87. The van der Waals surface area contributed by atoms with Gasteiger partial charge >= 0.3 is 0 Å². The lowest BCUT2D eigenvalue weighted by atomic mass is 9.83. The van der Waals surface area contributed by atoms with Crippen LogP contribution in [-0.4, -0.2) is 40.2 Å². The average molecular weight is 346 g/mol. The zero-order valence-corrected chi connectivity index (χ0v) is 14.6. The third-order valence-corrected chi connectivity index (χ3v) is 5.63. The summed E-state index contributed by atoms with van der Waals surface area (Å²) in [6.07, 6.45) is 8.20. The van der Waals surface area contributed by atoms with Crippen LogP contribution in [0.25, 0.3) is 0 Å². The molecule has 0 radical (unpaired) electrons. The molecule has 1 aromatic carbocycles. The normalized spacial score (nSPS) is 23.8. The molecule has 1 aromatic heterocycles. The molecular weight excluding hydrogens is 322 g/mol. The monoisotopic (exact) mass is 345 g/mol. The van der Waals surface area contributed by atoms with E-state index in [2.05, 4.69) is 27.0 Å². The number of piperidine rings is 1. The van der Waals surface area contributed by atoms with Crippen LogP contribution in [0.5, 0.6) is 0 Å². The van der Waals surface area contributed by atoms with E-state index in [1.807, 2.05) is 24.5 Å². The Labute approximate surface area is 148 Å². The van der Waals surface area contributed by atoms with Gasteiger partial charge < -0.3 is 9.72 Å². The van der Waals surface area contributed by atoms with Crippen LogP contribution in [0.15, 0.2) is 36.7 Å². The summed E-state index contributed by atoms with van der Waals surface area (Å²) in [5, 5.41) is 0.826. The maximum Gasteiger partial charge on any atom is 0.120 e. The van der Waals surface area contributed by atoms with E-state index in [-0.39, 0.29) is 5.60 Å². The summed E-state index contributed by atoms with van der Waals surface area (Å²) < 4.78 is 6.30. The van der Waals surface area contributed by atoms with Gasteiger partial charge in [0.1, 0.15) is 5.82 Å². The fourth-order valence-corrected chi connectivity index (χ4v) is 4.34. The first kappa shape index (κ1) is 16.1. The highest BCUT2D eigenvalue weighted by Crippen LogP contribution is 2.40. The molecule has 0 saturated carbocycles. The van der Waals surface area contributed by atoms with Crippen LogP contribution in [0.3, 0.4) is 0 Å². The Morgan fingerprint density at radius 2 is 2.21 bits per heavy atom. The van der Waals surface area contributed by atoms with Crippen molar-refractivity contribution in [2.75, 3.05) is 19.7 Å². The number of aromatic nitrogens is 2. The number of rotatable bonds is 4. The molecule has 0 aliphatic carbocycles. The first-order valence-corrected chi connectivity index (χ1v) is 9.18. The highest BCUT2D eigenvalue weighted by Gasteiger charge is 2.42. The Hall–Kier alpha value is -1.36. The van der Waals surface area contributed by atoms with E-state index < -0.39 is 0 Å². The second-order valence-corrected chi connectivity index (χ2v) is 7.65. The molecule has 1 spiro atoms. The molecule has 1 unspecified atom stereocenters. The number of aromatic amines is 1. The quantitative estimate of drug-likeness (QED) is 0.919. The molecule has 5 heteroatoms. The Bertz CT molecular complexity index is 665. The van der Waals surface area contributed by atoms with Crippen molar-refractivity contribution in [2.24, 2.45) is 5.92 Å². The molecular formula is C19H24ClN3O. The Kier molecular flexibility index (Phi) is 4.61. The van der Waals surface area contributed by atoms with Crippen LogP contribution >= 0.6 is 11.6 Å². The maximum absolute atomic E-state index is 6.30. The van der Waals surface area contributed by atoms with Gasteiger partial charge in [-0.05, 0) is 49.3 Å². The highest BCUT2D eigenvalue weighted by atomic mass is 35.5. The maximum atomic E-state index is 6.30. The van der Waals surface area contributed by atoms with Gasteiger partial charge in [0, 0.05) is 30.5 Å². The molecule has 2 saturated heterocycles. The lowest BCUT2D eigenvalue weighted by Gasteiger charge is -2.38. The van der Waals surface area contributed by atoms with Crippen molar-refractivity contribution < 1.29 is 4.74 Å². The number of nitrogens with zero attached hydrogens (tertiary/aromatic N) is 2. The van der Waals surface area contributed by atoms with Crippen LogP contribution in [0.2, 0.25) is 5.02 Å². The van der Waals surface area contributed by atoms with Crippen LogP contribution < -0.4 is 0 Å². The smallest absolute Gasteiger partial charge is 0.120 e. The lowest BCUT2D eigenvalue weighted by molar-refractivity contribution is -0.0454. The number of H-pyrrole nitrogens is 1. The molecule has 3 heterocycles. The van der Waals surface area contributed by atoms with Gasteiger partial charge in [-0.2, -0.15) is 0 Å². The van der Waals surface area contributed by atoms with Gasteiger partial charge in [-0.1, -0.05) is 23.7 Å². The molecule has 128 valence electrons. The largest absolute Gasteiger partial charge is 0.375 e. The summed E-state index contributed by atoms with van der Waals surface area (Å²) in [7, 11) is 0. The summed E-state index contributed by atoms with van der Waals surface area (Å²) in [6.45, 7) is 3.97. The summed E-state index contributed by atoms with van der Waals surface area (Å²) in [6, 6.07) is 8.23. The molecule has 4 nitrogen and oxygen atoms in total. The van der Waals surface area contributed by atoms with Crippen molar-refractivity contribution >= 4 is 11.6 Å². The lowest BCUT2D eigenvalue weighted by Crippen LogP contribution is -2.43. The first-order valence-electron chi connectivity index (χ1n) is 8.80. The minimum atomic E-state index is 0.100. The van der Waals surface area contributed by atoms with Gasteiger partial charge in [0.15, 0.2) is 0 Å². The molecule has 1 N–H and O–H groups in total. The molecule has 4 rings (SSSR count). The number of nitrogens with one attached hydrogen (secondary N) is 1. The van der Waals surface area contributed by atoms with Crippen LogP contribution in [0.4, 0.5) is 0 Å². The number of ether oxygens (including phenoxy) is 1. The summed E-state index contributed by atoms with van der Waals surface area (Å²) in [5.41, 5.74) is 1.42. The second-order valence-electron chi connectivity index (χ2n) is 7.21. The predicted molar refractivity (Wildman–Crippen MR) is 95.0 cm³/mol. The average Bonchev–Trinajstić information content (AvgIpc) is 3.21. The Balaban J connectivity index is 1.30. The van der Waals surface area contributed by atoms with Crippen molar-refractivity contribution in [1.82, 2.24) is 14.9 Å². The van der Waals surface area contributed by atoms with Crippen LogP contribution in [0, 0.1) is 5.92 Å². The number of hydrogen-bond acceptors (Lipinski definition) is 3. The molecule has 2 aliphatic heterocycles. The minimum Gasteiger partial charge on any atom is -0.375 e. The Morgan fingerprint density at radius 3 is 2.96 bits per heavy atom. The number of halogens is 1. The summed E-state index contributed by atoms with van der Waals surface area (Å²) >= 11 is 6.10. The Morgan fingerprint density at radius 1 is 1.33 bits per heavy atom. The van der Waals surface area contributed by atoms with E-state index in [0.717, 1.165) is 56.4 Å². The minimum absolute atomic E-state index is 0.100. The third-order valence-electron chi connectivity index (χ3n) is 5.39. The van der Waals surface area contributed by atoms with E-state index in [1.165, 1.54) is 12.0 Å². The van der Waals surface area contributed by atoms with Crippen LogP contribution in [-0.2, 0) is 17.7 Å². The van der Waals surface area contributed by atoms with Crippen molar-refractivity contribution in [3.63, 3.8) is 0 Å². The molecule has 1 atom stereocenters. The fraction of sp³-hybridized carbons (Fsp3) is 0.526. The van der Waals surface area contributed by atoms with Gasteiger partial charge in [-0.25, -0.2) is 4.98 Å². The standard InChI is InChI=1S/C19H24ClN3O/c20-17-3-1-2-15(11-17)10-16-12-19(24-14-16)4-8-23(9-5-19)13-18-21-6-7-22-18/h1-3,6-7,11,16H,4-5,8-10,12-14H2,(H,21,22). The van der Waals surface area contributed by atoms with Gasteiger partial charge in [0.25, 0.3) is 0 Å². The van der Waals surface area contributed by atoms with E-state index >= 15 is 0 Å². The fourth-order valence-electron chi connectivity index (χ4n) is 4.13. The summed E-state index contributed by atoms with van der Waals surface area (Å²) in [4.78, 5) is 9.99. The molecule has 0 amide bonds. The molecule has 2 aromatic rings. The van der Waals surface area contributed by atoms with Crippen molar-refractivity contribution in [3.8, 4) is 0 Å². The number of imidazole rings is 1. The zero-order chi connectivity index (χ0) is 16.4. The topological polar surface area (TPSA) is 41.1 Å². The number of benzene rings is 1. The molecule has 0 bridgehead atoms. The number of likely N-dealkylation sites (tertiary alicyclic amines) is 1. The van der Waals surface area contributed by atoms with Gasteiger partial charge in [0.2, 0.25) is 0 Å². The molecule has 2 aliphatic rings. The van der Waals surface area contributed by atoms with E-state index in [9.17, 15) is 0 Å². The van der Waals surface area contributed by atoms with Crippen molar-refractivity contribution in [3.05, 3.63) is 53.1 Å². The van der Waals surface area contributed by atoms with E-state index in [4.69, 9.17) is 16.3 Å². The van der Waals surface area contributed by atoms with E-state index in [1.54, 1.807) is 0 Å². The van der Waals surface area contributed by atoms with Gasteiger partial charge in [-0.15, -0.1) is 0 Å². The predicted octanol–water partition coefficient (Wildman–Crippen LogP) is 3.68. The zero-order valence-electron chi connectivity index (χ0n) is 13.9. The SMILES string of the molecule is Clc1cccc(CC2COC3(CCN(Cc4ncc[nH]4)CC3)C2)c1.